The summed E-state index contributed by atoms with van der Waals surface area (Å²) in [5.74, 6) is -0.482. The van der Waals surface area contributed by atoms with E-state index in [0.717, 1.165) is 11.8 Å². The van der Waals surface area contributed by atoms with Crippen LogP contribution in [-0.2, 0) is 14.3 Å². The maximum absolute atomic E-state index is 11.5. The SMILES string of the molecule is COCCOC(=O)C(C)Sc1n[nH]c(=O)[nH]c1=O. The van der Waals surface area contributed by atoms with Crippen molar-refractivity contribution in [2.24, 2.45) is 0 Å². The Balaban J connectivity index is 2.58. The first-order valence-electron chi connectivity index (χ1n) is 5.06. The van der Waals surface area contributed by atoms with Gasteiger partial charge < -0.3 is 9.47 Å². The quantitative estimate of drug-likeness (QED) is 0.394. The molecule has 0 aliphatic rings. The Bertz CT molecular complexity index is 511. The molecule has 0 aromatic carbocycles. The Morgan fingerprint density at radius 2 is 2.17 bits per heavy atom. The predicted molar refractivity (Wildman–Crippen MR) is 63.6 cm³/mol. The Morgan fingerprint density at radius 3 is 2.78 bits per heavy atom. The molecule has 0 amide bonds. The summed E-state index contributed by atoms with van der Waals surface area (Å²) in [6.07, 6.45) is 0. The molecule has 2 N–H and O–H groups in total. The average molecular weight is 275 g/mol. The zero-order valence-electron chi connectivity index (χ0n) is 9.89. The maximum Gasteiger partial charge on any atom is 0.342 e. The number of aromatic nitrogens is 3. The van der Waals surface area contributed by atoms with Gasteiger partial charge in [0.2, 0.25) is 0 Å². The van der Waals surface area contributed by atoms with Crippen molar-refractivity contribution >= 4 is 17.7 Å². The average Bonchev–Trinajstić information content (AvgIpc) is 2.32. The van der Waals surface area contributed by atoms with Gasteiger partial charge >= 0.3 is 11.7 Å². The molecule has 0 aliphatic carbocycles. The van der Waals surface area contributed by atoms with Crippen LogP contribution in [0.4, 0.5) is 0 Å². The Hall–Kier alpha value is -1.61. The fourth-order valence-electron chi connectivity index (χ4n) is 0.975. The van der Waals surface area contributed by atoms with Crippen molar-refractivity contribution in [3.05, 3.63) is 20.8 Å². The fraction of sp³-hybridized carbons (Fsp3) is 0.556. The number of aromatic amines is 2. The van der Waals surface area contributed by atoms with E-state index in [2.05, 4.69) is 10.2 Å². The number of nitrogens with zero attached hydrogens (tertiary/aromatic N) is 1. The van der Waals surface area contributed by atoms with E-state index in [1.807, 2.05) is 4.98 Å². The van der Waals surface area contributed by atoms with Crippen LogP contribution in [0.15, 0.2) is 14.6 Å². The lowest BCUT2D eigenvalue weighted by atomic mass is 10.5. The van der Waals surface area contributed by atoms with Gasteiger partial charge in [0.25, 0.3) is 5.56 Å². The highest BCUT2D eigenvalue weighted by molar-refractivity contribution is 8.00. The lowest BCUT2D eigenvalue weighted by Gasteiger charge is -2.09. The van der Waals surface area contributed by atoms with E-state index in [4.69, 9.17) is 9.47 Å². The molecule has 0 saturated heterocycles. The normalized spacial score (nSPS) is 12.1. The number of nitrogens with one attached hydrogen (secondary N) is 2. The monoisotopic (exact) mass is 275 g/mol. The zero-order valence-corrected chi connectivity index (χ0v) is 10.7. The molecule has 1 atom stereocenters. The van der Waals surface area contributed by atoms with Gasteiger partial charge in [0.1, 0.15) is 11.9 Å². The minimum atomic E-state index is -0.695. The number of hydrogen-bond donors (Lipinski definition) is 2. The third-order valence-corrected chi connectivity index (χ3v) is 2.88. The second kappa shape index (κ2) is 6.97. The van der Waals surface area contributed by atoms with Crippen LogP contribution < -0.4 is 11.2 Å². The van der Waals surface area contributed by atoms with Gasteiger partial charge in [-0.3, -0.25) is 14.6 Å². The number of carbonyl (C=O) groups is 1. The summed E-state index contributed by atoms with van der Waals surface area (Å²) < 4.78 is 9.61. The third-order valence-electron chi connectivity index (χ3n) is 1.83. The molecule has 0 radical (unpaired) electrons. The summed E-state index contributed by atoms with van der Waals surface area (Å²) in [5, 5.41) is 5.02. The number of H-pyrrole nitrogens is 2. The van der Waals surface area contributed by atoms with Crippen molar-refractivity contribution in [3.63, 3.8) is 0 Å². The number of thioether (sulfide) groups is 1. The molecule has 1 aromatic heterocycles. The first kappa shape index (κ1) is 14.5. The summed E-state index contributed by atoms with van der Waals surface area (Å²) in [7, 11) is 1.50. The molecular weight excluding hydrogens is 262 g/mol. The predicted octanol–water partition coefficient (Wildman–Crippen LogP) is -0.872. The van der Waals surface area contributed by atoms with Crippen molar-refractivity contribution in [2.75, 3.05) is 20.3 Å². The van der Waals surface area contributed by atoms with E-state index in [1.54, 1.807) is 6.92 Å². The van der Waals surface area contributed by atoms with E-state index in [0.29, 0.717) is 6.61 Å². The number of ether oxygens (including phenoxy) is 2. The molecule has 0 fully saturated rings. The minimum absolute atomic E-state index is 0.00536. The molecular formula is C9H13N3O5S. The van der Waals surface area contributed by atoms with Crippen molar-refractivity contribution in [1.82, 2.24) is 15.2 Å². The smallest absolute Gasteiger partial charge is 0.342 e. The van der Waals surface area contributed by atoms with Gasteiger partial charge in [-0.2, -0.15) is 5.10 Å². The van der Waals surface area contributed by atoms with Crippen molar-refractivity contribution in [1.29, 1.82) is 0 Å². The lowest BCUT2D eigenvalue weighted by Crippen LogP contribution is -2.27. The number of methoxy groups -OCH3 is 1. The van der Waals surface area contributed by atoms with Gasteiger partial charge in [-0.1, -0.05) is 11.8 Å². The van der Waals surface area contributed by atoms with Crippen LogP contribution in [0.2, 0.25) is 0 Å². The molecule has 0 saturated carbocycles. The van der Waals surface area contributed by atoms with E-state index < -0.39 is 22.5 Å². The molecule has 18 heavy (non-hydrogen) atoms. The summed E-state index contributed by atoms with van der Waals surface area (Å²) in [4.78, 5) is 35.6. The summed E-state index contributed by atoms with van der Waals surface area (Å²) in [6, 6.07) is 0. The Labute approximate surface area is 106 Å². The van der Waals surface area contributed by atoms with Crippen molar-refractivity contribution in [3.8, 4) is 0 Å². The molecule has 100 valence electrons. The molecule has 1 aromatic rings. The van der Waals surface area contributed by atoms with Crippen LogP contribution in [0.25, 0.3) is 0 Å². The standard InChI is InChI=1S/C9H13N3O5S/c1-5(8(14)17-4-3-16-2)18-7-6(13)10-9(15)12-11-7/h5H,3-4H2,1-2H3,(H2,10,12,13,15). The molecule has 0 bridgehead atoms. The van der Waals surface area contributed by atoms with Crippen molar-refractivity contribution < 1.29 is 14.3 Å². The number of hydrogen-bond acceptors (Lipinski definition) is 7. The van der Waals surface area contributed by atoms with Gasteiger partial charge in [0, 0.05) is 7.11 Å². The largest absolute Gasteiger partial charge is 0.462 e. The number of rotatable bonds is 6. The summed E-state index contributed by atoms with van der Waals surface area (Å²) >= 11 is 0.905. The first-order chi connectivity index (χ1) is 8.54. The molecule has 1 rings (SSSR count). The Morgan fingerprint density at radius 1 is 1.44 bits per heavy atom. The van der Waals surface area contributed by atoms with E-state index in [9.17, 15) is 14.4 Å². The fourth-order valence-corrected chi connectivity index (χ4v) is 1.73. The van der Waals surface area contributed by atoms with Gasteiger partial charge in [0.15, 0.2) is 5.03 Å². The third kappa shape index (κ3) is 4.34. The first-order valence-corrected chi connectivity index (χ1v) is 5.93. The second-order valence-electron chi connectivity index (χ2n) is 3.23. The minimum Gasteiger partial charge on any atom is -0.462 e. The Kier molecular flexibility index (Phi) is 5.59. The second-order valence-corrected chi connectivity index (χ2v) is 4.56. The summed E-state index contributed by atoms with van der Waals surface area (Å²) in [5.41, 5.74) is -1.33. The molecule has 0 aliphatic heterocycles. The molecule has 1 unspecified atom stereocenters. The number of esters is 1. The molecule has 0 spiro atoms. The van der Waals surface area contributed by atoms with Gasteiger partial charge in [-0.05, 0) is 6.92 Å². The maximum atomic E-state index is 11.5. The highest BCUT2D eigenvalue weighted by Crippen LogP contribution is 2.17. The molecule has 8 nitrogen and oxygen atoms in total. The van der Waals surface area contributed by atoms with Gasteiger partial charge in [-0.25, -0.2) is 9.89 Å². The van der Waals surface area contributed by atoms with Crippen molar-refractivity contribution in [2.45, 2.75) is 17.2 Å². The van der Waals surface area contributed by atoms with Crippen LogP contribution in [-0.4, -0.2) is 46.7 Å². The highest BCUT2D eigenvalue weighted by atomic mass is 32.2. The highest BCUT2D eigenvalue weighted by Gasteiger charge is 2.18. The topological polar surface area (TPSA) is 114 Å². The summed E-state index contributed by atoms with van der Waals surface area (Å²) in [6.45, 7) is 2.03. The van der Waals surface area contributed by atoms with Gasteiger partial charge in [-0.15, -0.1) is 0 Å². The number of carbonyl (C=O) groups excluding carboxylic acids is 1. The van der Waals surface area contributed by atoms with E-state index >= 15 is 0 Å². The van der Waals surface area contributed by atoms with Crippen LogP contribution in [0.1, 0.15) is 6.92 Å². The molecule has 1 heterocycles. The molecule has 9 heteroatoms. The van der Waals surface area contributed by atoms with Crippen LogP contribution in [0.5, 0.6) is 0 Å². The van der Waals surface area contributed by atoms with Crippen LogP contribution in [0.3, 0.4) is 0 Å². The lowest BCUT2D eigenvalue weighted by molar-refractivity contribution is -0.143. The van der Waals surface area contributed by atoms with Crippen LogP contribution in [0, 0.1) is 0 Å². The van der Waals surface area contributed by atoms with Crippen LogP contribution >= 0.6 is 11.8 Å². The zero-order chi connectivity index (χ0) is 13.5. The van der Waals surface area contributed by atoms with E-state index in [-0.39, 0.29) is 11.6 Å². The van der Waals surface area contributed by atoms with E-state index in [1.165, 1.54) is 7.11 Å². The van der Waals surface area contributed by atoms with Gasteiger partial charge in [0.05, 0.1) is 6.61 Å².